The summed E-state index contributed by atoms with van der Waals surface area (Å²) in [5.74, 6) is -2.46. The first-order valence-corrected chi connectivity index (χ1v) is 16.0. The minimum absolute atomic E-state index is 0.154. The van der Waals surface area contributed by atoms with Crippen LogP contribution in [0.2, 0.25) is 0 Å². The lowest BCUT2D eigenvalue weighted by Crippen LogP contribution is -2.39. The SMILES string of the molecule is Nc1nc([O-])c2ncn([C@@H]3O[C@H]4COP(=O)(O)O[C@H]5[C@@H](O)[C@H](n6cnc7c([O-])nc(N)nc76)O[C@@H]5COP(=O)(O)O[C@H]4[C@H]3O)c2n1. The number of aliphatic hydroxyl groups excluding tert-OH is 2. The lowest BCUT2D eigenvalue weighted by molar-refractivity contribution is -0.273. The molecule has 24 nitrogen and oxygen atoms in total. The maximum absolute atomic E-state index is 13.1. The molecule has 3 saturated heterocycles. The summed E-state index contributed by atoms with van der Waals surface area (Å²) in [6, 6.07) is 0. The Hall–Kier alpha value is -3.64. The summed E-state index contributed by atoms with van der Waals surface area (Å²) in [5.41, 5.74) is 10.4. The third-order valence-electron chi connectivity index (χ3n) is 7.29. The monoisotopic (exact) mass is 688 g/mol. The summed E-state index contributed by atoms with van der Waals surface area (Å²) in [7, 11) is -10.2. The number of aromatic nitrogens is 8. The molecule has 8 N–H and O–H groups in total. The highest BCUT2D eigenvalue weighted by molar-refractivity contribution is 7.47. The quantitative estimate of drug-likeness (QED) is 0.111. The Kier molecular flexibility index (Phi) is 7.39. The van der Waals surface area contributed by atoms with Gasteiger partial charge in [0, 0.05) is 11.8 Å². The molecule has 0 amide bonds. The average molecular weight is 688 g/mol. The third kappa shape index (κ3) is 5.33. The zero-order chi connectivity index (χ0) is 32.7. The van der Waals surface area contributed by atoms with Crippen molar-refractivity contribution in [3.8, 4) is 11.8 Å². The van der Waals surface area contributed by atoms with Gasteiger partial charge in [-0.2, -0.15) is 9.97 Å². The van der Waals surface area contributed by atoms with Gasteiger partial charge in [-0.15, -0.1) is 0 Å². The van der Waals surface area contributed by atoms with Crippen molar-refractivity contribution in [1.82, 2.24) is 39.0 Å². The maximum Gasteiger partial charge on any atom is 0.472 e. The van der Waals surface area contributed by atoms with Gasteiger partial charge >= 0.3 is 15.6 Å². The molecule has 0 aliphatic carbocycles. The largest absolute Gasteiger partial charge is 0.857 e. The molecule has 46 heavy (non-hydrogen) atoms. The first kappa shape index (κ1) is 31.0. The molecule has 7 heterocycles. The Balaban J connectivity index is 1.17. The van der Waals surface area contributed by atoms with E-state index in [9.17, 15) is 39.3 Å². The highest BCUT2D eigenvalue weighted by Gasteiger charge is 2.54. The Labute approximate surface area is 254 Å². The van der Waals surface area contributed by atoms with Gasteiger partial charge in [0.05, 0.1) is 25.9 Å². The molecule has 248 valence electrons. The molecule has 4 aromatic heterocycles. The van der Waals surface area contributed by atoms with Gasteiger partial charge in [-0.25, -0.2) is 29.1 Å². The van der Waals surface area contributed by atoms with E-state index in [1.807, 2.05) is 0 Å². The minimum atomic E-state index is -5.11. The molecular formula is C20H22N10O14P2-2. The Morgan fingerprint density at radius 2 is 1.13 bits per heavy atom. The zero-order valence-electron chi connectivity index (χ0n) is 22.7. The zero-order valence-corrected chi connectivity index (χ0v) is 24.5. The molecule has 3 fully saturated rings. The summed E-state index contributed by atoms with van der Waals surface area (Å²) in [5, 5.41) is 46.5. The van der Waals surface area contributed by atoms with E-state index in [1.54, 1.807) is 0 Å². The number of ether oxygens (including phenoxy) is 2. The van der Waals surface area contributed by atoms with Crippen molar-refractivity contribution in [1.29, 1.82) is 0 Å². The van der Waals surface area contributed by atoms with Crippen LogP contribution in [0.4, 0.5) is 11.9 Å². The van der Waals surface area contributed by atoms with Gasteiger partial charge in [-0.05, 0) is 0 Å². The summed E-state index contributed by atoms with van der Waals surface area (Å²) >= 11 is 0. The molecule has 0 spiro atoms. The first-order valence-electron chi connectivity index (χ1n) is 13.0. The molecule has 10 atom stereocenters. The molecular weight excluding hydrogens is 666 g/mol. The van der Waals surface area contributed by atoms with Crippen molar-refractivity contribution in [3.63, 3.8) is 0 Å². The number of phosphoric ester groups is 2. The van der Waals surface area contributed by atoms with E-state index in [-0.39, 0.29) is 22.3 Å². The van der Waals surface area contributed by atoms with Gasteiger partial charge in [0.15, 0.2) is 23.8 Å². The maximum atomic E-state index is 13.1. The molecule has 3 aliphatic rings. The Morgan fingerprint density at radius 3 is 1.52 bits per heavy atom. The van der Waals surface area contributed by atoms with Crippen LogP contribution in [0.15, 0.2) is 12.7 Å². The summed E-state index contributed by atoms with van der Waals surface area (Å²) in [6.45, 7) is -1.76. The van der Waals surface area contributed by atoms with Gasteiger partial charge < -0.3 is 51.2 Å². The standard InChI is InChI=1S/C20H24N10O14P2/c21-19-25-13-7(15(33)27-19)23-3-29(13)17-9(31)11-5(41-17)1-39-45(35,36)44-12-6(2-40-46(37,38)43-11)42-18(10(12)32)30-4-24-8-14(30)26-20(22)28-16(8)34/h3-6,9-12,17-18,31-32H,1-2H2,(H,35,36)(H,37,38)(H3,21,25,27,33)(H3,22,26,28,34)/p-2/t5-,6+,9-,10-,11-,12-,17-,18-/m1/s1. The Morgan fingerprint density at radius 1 is 0.739 bits per heavy atom. The second-order valence-electron chi connectivity index (χ2n) is 10.2. The summed E-state index contributed by atoms with van der Waals surface area (Å²) in [4.78, 5) is 43.7. The second kappa shape index (κ2) is 11.0. The van der Waals surface area contributed by atoms with Gasteiger partial charge in [-0.1, -0.05) is 0 Å². The number of fused-ring (bicyclic) bond motifs is 4. The van der Waals surface area contributed by atoms with Crippen LogP contribution >= 0.6 is 15.6 Å². The number of hydrogen-bond donors (Lipinski definition) is 6. The molecule has 0 bridgehead atoms. The highest BCUT2D eigenvalue weighted by Crippen LogP contribution is 2.53. The van der Waals surface area contributed by atoms with E-state index >= 15 is 0 Å². The van der Waals surface area contributed by atoms with Crippen molar-refractivity contribution in [2.24, 2.45) is 0 Å². The van der Waals surface area contributed by atoms with Crippen LogP contribution in [0.25, 0.3) is 22.3 Å². The molecule has 0 saturated carbocycles. The van der Waals surface area contributed by atoms with Crippen LogP contribution in [0, 0.1) is 0 Å². The van der Waals surface area contributed by atoms with Crippen molar-refractivity contribution < 1.29 is 66.9 Å². The van der Waals surface area contributed by atoms with Crippen LogP contribution in [0.1, 0.15) is 12.5 Å². The van der Waals surface area contributed by atoms with Crippen molar-refractivity contribution in [2.45, 2.75) is 49.1 Å². The van der Waals surface area contributed by atoms with E-state index in [1.165, 1.54) is 0 Å². The number of imidazole rings is 2. The topological polar surface area (TPSA) is 356 Å². The van der Waals surface area contributed by atoms with Crippen molar-refractivity contribution >= 4 is 49.9 Å². The lowest BCUT2D eigenvalue weighted by Gasteiger charge is -2.27. The smallest absolute Gasteiger partial charge is 0.472 e. The predicted molar refractivity (Wildman–Crippen MR) is 139 cm³/mol. The number of phosphoric acid groups is 2. The van der Waals surface area contributed by atoms with Crippen LogP contribution in [-0.2, 0) is 36.7 Å². The summed E-state index contributed by atoms with van der Waals surface area (Å²) in [6.07, 6.45) is -11.0. The number of anilines is 2. The summed E-state index contributed by atoms with van der Waals surface area (Å²) < 4.78 is 60.4. The lowest BCUT2D eigenvalue weighted by atomic mass is 10.1. The highest BCUT2D eigenvalue weighted by atomic mass is 31.2. The van der Waals surface area contributed by atoms with Gasteiger partial charge in [0.2, 0.25) is 11.9 Å². The fraction of sp³-hybridized carbons (Fsp3) is 0.500. The normalized spacial score (nSPS) is 37.1. The molecule has 7 rings (SSSR count). The van der Waals surface area contributed by atoms with Crippen molar-refractivity contribution in [3.05, 3.63) is 12.7 Å². The van der Waals surface area contributed by atoms with E-state index < -0.39 is 102 Å². The molecule has 0 radical (unpaired) electrons. The van der Waals surface area contributed by atoms with Gasteiger partial charge in [-0.3, -0.25) is 27.2 Å². The van der Waals surface area contributed by atoms with Crippen LogP contribution in [0.5, 0.6) is 11.8 Å². The number of aliphatic hydroxyl groups is 2. The fourth-order valence-electron chi connectivity index (χ4n) is 5.32. The minimum Gasteiger partial charge on any atom is -0.857 e. The second-order valence-corrected chi connectivity index (χ2v) is 13.0. The molecule has 3 aliphatic heterocycles. The van der Waals surface area contributed by atoms with Crippen LogP contribution in [0.3, 0.4) is 0 Å². The average Bonchev–Trinajstić information content (AvgIpc) is 3.72. The van der Waals surface area contributed by atoms with E-state index in [0.717, 1.165) is 21.8 Å². The van der Waals surface area contributed by atoms with Gasteiger partial charge in [0.1, 0.15) is 47.7 Å². The first-order chi connectivity index (χ1) is 21.7. The van der Waals surface area contributed by atoms with Crippen molar-refractivity contribution in [2.75, 3.05) is 24.7 Å². The number of nitrogens with two attached hydrogens (primary N) is 2. The molecule has 2 unspecified atom stereocenters. The third-order valence-corrected chi connectivity index (χ3v) is 9.26. The Bertz CT molecular complexity index is 1790. The van der Waals surface area contributed by atoms with Gasteiger partial charge in [0.25, 0.3) is 0 Å². The number of nitrogens with zero attached hydrogens (tertiary/aromatic N) is 8. The van der Waals surface area contributed by atoms with E-state index in [0.29, 0.717) is 0 Å². The number of hydrogen-bond acceptors (Lipinski definition) is 20. The molecule has 26 heteroatoms. The number of rotatable bonds is 2. The predicted octanol–water partition coefficient (Wildman–Crippen LogP) is -3.49. The van der Waals surface area contributed by atoms with Crippen LogP contribution in [-0.4, -0.2) is 109 Å². The molecule has 4 aromatic rings. The fourth-order valence-corrected chi connectivity index (χ4v) is 7.25. The number of nitrogen functional groups attached to an aromatic ring is 2. The van der Waals surface area contributed by atoms with E-state index in [2.05, 4.69) is 29.9 Å². The van der Waals surface area contributed by atoms with E-state index in [4.69, 9.17) is 39.0 Å². The molecule has 0 aromatic carbocycles. The van der Waals surface area contributed by atoms with Crippen LogP contribution < -0.4 is 21.7 Å².